The molecule has 2 aromatic rings. The summed E-state index contributed by atoms with van der Waals surface area (Å²) in [6, 6.07) is 13.7. The van der Waals surface area contributed by atoms with Crippen LogP contribution in [-0.4, -0.2) is 23.9 Å². The maximum atomic E-state index is 13.5. The van der Waals surface area contributed by atoms with Crippen molar-refractivity contribution in [3.63, 3.8) is 0 Å². The predicted octanol–water partition coefficient (Wildman–Crippen LogP) is 2.02. The van der Waals surface area contributed by atoms with Gasteiger partial charge in [-0.3, -0.25) is 15.5 Å². The molecule has 7 N–H and O–H groups in total. The predicted molar refractivity (Wildman–Crippen MR) is 127 cm³/mol. The zero-order valence-corrected chi connectivity index (χ0v) is 19.2. The van der Waals surface area contributed by atoms with Crippen molar-refractivity contribution < 1.29 is 19.3 Å². The number of amidine groups is 1. The van der Waals surface area contributed by atoms with Gasteiger partial charge in [-0.25, -0.2) is 4.39 Å². The van der Waals surface area contributed by atoms with Crippen LogP contribution in [0.4, 0.5) is 10.1 Å². The van der Waals surface area contributed by atoms with Crippen LogP contribution in [-0.2, 0) is 10.4 Å². The molecule has 2 aliphatic carbocycles. The lowest BCUT2D eigenvalue weighted by Crippen LogP contribution is -2.72. The highest BCUT2D eigenvalue weighted by atomic mass is 35.5. The summed E-state index contributed by atoms with van der Waals surface area (Å²) in [5, 5.41) is 13.9. The highest BCUT2D eigenvalue weighted by Crippen LogP contribution is 2.55. The first kappa shape index (κ1) is 23.3. The van der Waals surface area contributed by atoms with Gasteiger partial charge in [-0.1, -0.05) is 41.9 Å². The quantitative estimate of drug-likeness (QED) is 0.260. The lowest BCUT2D eigenvalue weighted by molar-refractivity contribution is -0.420. The number of rotatable bonds is 5. The molecule has 4 rings (SSSR count). The molecule has 2 unspecified atom stereocenters. The average molecular weight is 472 g/mol. The number of allylic oxidation sites excluding steroid dienone is 1. The monoisotopic (exact) mass is 471 g/mol. The van der Waals surface area contributed by atoms with E-state index in [0.717, 1.165) is 18.4 Å². The van der Waals surface area contributed by atoms with Gasteiger partial charge in [0.15, 0.2) is 0 Å². The molecular weight excluding hydrogens is 443 g/mol. The smallest absolute Gasteiger partial charge is 0.280 e. The molecule has 0 saturated heterocycles. The molecule has 6 nitrogen and oxygen atoms in total. The van der Waals surface area contributed by atoms with Crippen LogP contribution in [0.3, 0.4) is 0 Å². The Morgan fingerprint density at radius 3 is 2.36 bits per heavy atom. The van der Waals surface area contributed by atoms with Crippen molar-refractivity contribution in [1.82, 2.24) is 0 Å². The SMILES string of the molecule is C[NH+]=C(N)/C(C(=O)Nc1ccc(F)c(Cl)c1)=C(\N)C1CC2CC(O)(c3ccccc3)CC2C1. The van der Waals surface area contributed by atoms with E-state index in [0.29, 0.717) is 36.1 Å². The van der Waals surface area contributed by atoms with Crippen molar-refractivity contribution in [1.29, 1.82) is 0 Å². The normalized spacial score (nSPS) is 27.8. The molecule has 174 valence electrons. The van der Waals surface area contributed by atoms with Crippen molar-refractivity contribution in [2.45, 2.75) is 31.3 Å². The summed E-state index contributed by atoms with van der Waals surface area (Å²) >= 11 is 5.83. The van der Waals surface area contributed by atoms with E-state index in [4.69, 9.17) is 23.1 Å². The molecular formula is C25H29ClFN4O2+. The lowest BCUT2D eigenvalue weighted by atomic mass is 9.87. The van der Waals surface area contributed by atoms with Gasteiger partial charge < -0.3 is 16.2 Å². The van der Waals surface area contributed by atoms with E-state index in [-0.39, 0.29) is 22.3 Å². The van der Waals surface area contributed by atoms with Gasteiger partial charge >= 0.3 is 0 Å². The van der Waals surface area contributed by atoms with Gasteiger partial charge in [0.2, 0.25) is 0 Å². The Morgan fingerprint density at radius 1 is 1.15 bits per heavy atom. The third-order valence-electron chi connectivity index (χ3n) is 7.02. The van der Waals surface area contributed by atoms with E-state index in [1.807, 2.05) is 30.3 Å². The van der Waals surface area contributed by atoms with Crippen molar-refractivity contribution in [3.05, 3.63) is 76.2 Å². The van der Waals surface area contributed by atoms with Crippen LogP contribution in [0.5, 0.6) is 0 Å². The van der Waals surface area contributed by atoms with E-state index in [1.54, 1.807) is 7.05 Å². The molecule has 2 atom stereocenters. The zero-order chi connectivity index (χ0) is 23.8. The third-order valence-corrected chi connectivity index (χ3v) is 7.31. The molecule has 2 aromatic carbocycles. The Kier molecular flexibility index (Phi) is 6.45. The molecule has 1 amide bonds. The van der Waals surface area contributed by atoms with Crippen LogP contribution in [0, 0.1) is 23.6 Å². The molecule has 0 spiro atoms. The first-order valence-corrected chi connectivity index (χ1v) is 11.4. The number of fused-ring (bicyclic) bond motifs is 1. The second-order valence-electron chi connectivity index (χ2n) is 9.07. The second-order valence-corrected chi connectivity index (χ2v) is 9.48. The Morgan fingerprint density at radius 2 is 1.79 bits per heavy atom. The molecule has 0 radical (unpaired) electrons. The number of nitrogens with two attached hydrogens (primary N) is 2. The topological polar surface area (TPSA) is 115 Å². The molecule has 2 fully saturated rings. The van der Waals surface area contributed by atoms with Gasteiger partial charge in [-0.05, 0) is 61.3 Å². The van der Waals surface area contributed by atoms with Crippen molar-refractivity contribution in [2.75, 3.05) is 12.4 Å². The van der Waals surface area contributed by atoms with E-state index >= 15 is 0 Å². The molecule has 0 bridgehead atoms. The fourth-order valence-electron chi connectivity index (χ4n) is 5.41. The number of nitrogens with one attached hydrogen (secondary N) is 2. The number of amides is 1. The van der Waals surface area contributed by atoms with Gasteiger partial charge in [0.1, 0.15) is 11.4 Å². The van der Waals surface area contributed by atoms with Gasteiger partial charge in [0.05, 0.1) is 17.7 Å². The van der Waals surface area contributed by atoms with Crippen LogP contribution in [0.1, 0.15) is 31.2 Å². The average Bonchev–Trinajstić information content (AvgIpc) is 3.32. The number of benzene rings is 2. The fourth-order valence-corrected chi connectivity index (χ4v) is 5.59. The van der Waals surface area contributed by atoms with Gasteiger partial charge in [0, 0.05) is 17.3 Å². The molecule has 33 heavy (non-hydrogen) atoms. The van der Waals surface area contributed by atoms with Crippen LogP contribution in [0.2, 0.25) is 5.02 Å². The van der Waals surface area contributed by atoms with Crippen LogP contribution >= 0.6 is 11.6 Å². The van der Waals surface area contributed by atoms with Gasteiger partial charge in [-0.15, -0.1) is 0 Å². The van der Waals surface area contributed by atoms with Crippen LogP contribution < -0.4 is 21.8 Å². The number of hydrogen-bond donors (Lipinski definition) is 5. The summed E-state index contributed by atoms with van der Waals surface area (Å²) in [5.74, 6) is -0.288. The highest BCUT2D eigenvalue weighted by molar-refractivity contribution is 6.31. The summed E-state index contributed by atoms with van der Waals surface area (Å²) in [5.41, 5.74) is 13.7. The Hall–Kier alpha value is -2.90. The Labute approximate surface area is 197 Å². The third kappa shape index (κ3) is 4.61. The molecule has 0 heterocycles. The summed E-state index contributed by atoms with van der Waals surface area (Å²) in [4.78, 5) is 15.9. The summed E-state index contributed by atoms with van der Waals surface area (Å²) < 4.78 is 13.5. The van der Waals surface area contributed by atoms with Crippen molar-refractivity contribution in [2.24, 2.45) is 29.2 Å². The number of halogens is 2. The van der Waals surface area contributed by atoms with Crippen LogP contribution in [0.15, 0.2) is 59.8 Å². The van der Waals surface area contributed by atoms with E-state index < -0.39 is 17.3 Å². The van der Waals surface area contributed by atoms with E-state index in [9.17, 15) is 14.3 Å². The Bertz CT molecular complexity index is 1100. The minimum atomic E-state index is -0.821. The Balaban J connectivity index is 1.53. The largest absolute Gasteiger partial charge is 0.401 e. The first-order chi connectivity index (χ1) is 15.7. The number of hydrogen-bond acceptors (Lipinski definition) is 3. The molecule has 2 aliphatic rings. The van der Waals surface area contributed by atoms with Crippen molar-refractivity contribution in [3.8, 4) is 0 Å². The zero-order valence-electron chi connectivity index (χ0n) is 18.4. The highest BCUT2D eigenvalue weighted by Gasteiger charge is 2.50. The molecule has 0 aromatic heterocycles. The minimum absolute atomic E-state index is 0.0234. The first-order valence-electron chi connectivity index (χ1n) is 11.1. The van der Waals surface area contributed by atoms with Gasteiger partial charge in [0.25, 0.3) is 11.7 Å². The minimum Gasteiger partial charge on any atom is -0.401 e. The van der Waals surface area contributed by atoms with Crippen molar-refractivity contribution >= 4 is 29.0 Å². The fraction of sp³-hybridized carbons (Fsp3) is 0.360. The number of carbonyl (C=O) groups is 1. The summed E-state index contributed by atoms with van der Waals surface area (Å²) in [7, 11) is 1.62. The number of anilines is 1. The van der Waals surface area contributed by atoms with Gasteiger partial charge in [-0.2, -0.15) is 0 Å². The van der Waals surface area contributed by atoms with E-state index in [1.165, 1.54) is 18.2 Å². The molecule has 8 heteroatoms. The molecule has 0 aliphatic heterocycles. The maximum absolute atomic E-state index is 13.5. The second kappa shape index (κ2) is 9.15. The number of carbonyl (C=O) groups excluding carboxylic acids is 1. The molecule has 2 saturated carbocycles. The summed E-state index contributed by atoms with van der Waals surface area (Å²) in [6.45, 7) is 0. The lowest BCUT2D eigenvalue weighted by Gasteiger charge is -2.25. The number of aliphatic hydroxyl groups is 1. The standard InChI is InChI=1S/C25H28ClFN4O2/c1-30-23(29)21(24(32)31-18-7-8-20(27)19(26)11-18)22(28)14-9-15-12-25(33,13-16(15)10-14)17-5-3-2-4-6-17/h2-8,11,14-16,33H,9-10,12-13,28H2,1H3,(H2,29,30)(H,31,32)/p+1/b22-21+. The summed E-state index contributed by atoms with van der Waals surface area (Å²) in [6.07, 6.45) is 2.90. The maximum Gasteiger partial charge on any atom is 0.280 e. The van der Waals surface area contributed by atoms with E-state index in [2.05, 4.69) is 10.3 Å². The van der Waals surface area contributed by atoms with Crippen LogP contribution in [0.25, 0.3) is 0 Å².